The van der Waals surface area contributed by atoms with E-state index in [1.54, 1.807) is 13.0 Å². The van der Waals surface area contributed by atoms with Crippen molar-refractivity contribution in [3.05, 3.63) is 58.9 Å². The molecule has 1 aromatic carbocycles. The Morgan fingerprint density at radius 2 is 1.83 bits per heavy atom. The van der Waals surface area contributed by atoms with Crippen LogP contribution in [0.5, 0.6) is 5.75 Å². The van der Waals surface area contributed by atoms with E-state index in [-0.39, 0.29) is 11.3 Å². The average Bonchev–Trinajstić information content (AvgIpc) is 2.80. The van der Waals surface area contributed by atoms with Gasteiger partial charge in [0.2, 0.25) is 5.78 Å². The van der Waals surface area contributed by atoms with Crippen LogP contribution in [0, 0.1) is 11.8 Å². The number of nitrogens with two attached hydrogens (primary N) is 1. The fraction of sp³-hybridized carbons (Fsp3) is 0.360. The summed E-state index contributed by atoms with van der Waals surface area (Å²) in [5.74, 6) is -10.2. The topological polar surface area (TPSA) is 188 Å². The third-order valence-electron chi connectivity index (χ3n) is 7.38. The number of hydrogen-bond donors (Lipinski definition) is 5. The van der Waals surface area contributed by atoms with Crippen LogP contribution in [0.2, 0.25) is 0 Å². The molecule has 11 heteroatoms. The van der Waals surface area contributed by atoms with Gasteiger partial charge in [0.05, 0.1) is 17.5 Å². The molecule has 1 fully saturated rings. The van der Waals surface area contributed by atoms with Crippen molar-refractivity contribution in [1.29, 1.82) is 0 Å². The molecule has 1 saturated carbocycles. The zero-order valence-corrected chi connectivity index (χ0v) is 19.8. The van der Waals surface area contributed by atoms with Gasteiger partial charge in [0.25, 0.3) is 5.91 Å². The number of Topliss-reactive ketones (excluding diaryl/α,β-unsaturated/α-hetero) is 2. The number of hydrogen-bond acceptors (Lipinski definition) is 10. The lowest BCUT2D eigenvalue weighted by atomic mass is 9.54. The third-order valence-corrected chi connectivity index (χ3v) is 7.38. The van der Waals surface area contributed by atoms with E-state index in [1.165, 1.54) is 31.1 Å². The predicted octanol–water partition coefficient (Wildman–Crippen LogP) is 0.233. The standard InChI is InChI=1S/C25H26N2O9/c1-5-12(29)36-21-13-9(2)10-7-6-8-11(28)14(10)19(30)15(13)22(32)25(35)17(21)18(27(3)4)20(31)16(23(25)33)24(26)34/h5-9,13,17-18,21,28,30,33,35H,1H2,2-4H3,(H2,26,34)/t9-,13+,17+,18-,21-,25-/m0/s1. The Labute approximate surface area is 205 Å². The average molecular weight is 498 g/mol. The van der Waals surface area contributed by atoms with Crippen molar-refractivity contribution in [1.82, 2.24) is 4.90 Å². The van der Waals surface area contributed by atoms with Gasteiger partial charge in [0, 0.05) is 17.6 Å². The van der Waals surface area contributed by atoms with Gasteiger partial charge in [-0.1, -0.05) is 25.6 Å². The van der Waals surface area contributed by atoms with Crippen LogP contribution in [0.15, 0.2) is 47.8 Å². The minimum atomic E-state index is -2.97. The fourth-order valence-corrected chi connectivity index (χ4v) is 5.87. The number of carbonyl (C=O) groups is 4. The summed E-state index contributed by atoms with van der Waals surface area (Å²) in [6.07, 6.45) is -0.611. The molecule has 190 valence electrons. The van der Waals surface area contributed by atoms with Crippen LogP contribution in [-0.4, -0.2) is 80.6 Å². The number of aliphatic hydroxyl groups is 3. The van der Waals surface area contributed by atoms with Crippen molar-refractivity contribution in [3.63, 3.8) is 0 Å². The van der Waals surface area contributed by atoms with Crippen LogP contribution in [0.3, 0.4) is 0 Å². The second-order valence-electron chi connectivity index (χ2n) is 9.41. The molecule has 1 amide bonds. The summed E-state index contributed by atoms with van der Waals surface area (Å²) in [4.78, 5) is 53.2. The molecule has 0 spiro atoms. The number of rotatable bonds is 4. The van der Waals surface area contributed by atoms with Gasteiger partial charge in [-0.3, -0.25) is 19.3 Å². The van der Waals surface area contributed by atoms with E-state index < -0.39 is 81.6 Å². The van der Waals surface area contributed by atoms with Crippen LogP contribution in [0.1, 0.15) is 24.0 Å². The van der Waals surface area contributed by atoms with E-state index in [4.69, 9.17) is 10.5 Å². The number of aromatic hydroxyl groups is 1. The molecule has 6 atom stereocenters. The van der Waals surface area contributed by atoms with E-state index in [1.807, 2.05) is 0 Å². The maximum atomic E-state index is 14.0. The molecule has 1 aromatic rings. The molecular weight excluding hydrogens is 472 g/mol. The number of ketones is 2. The van der Waals surface area contributed by atoms with Gasteiger partial charge in [0.15, 0.2) is 11.4 Å². The van der Waals surface area contributed by atoms with E-state index in [0.29, 0.717) is 5.56 Å². The molecule has 6 N–H and O–H groups in total. The molecule has 3 aliphatic rings. The summed E-state index contributed by atoms with van der Waals surface area (Å²) in [7, 11) is 2.89. The first-order valence-corrected chi connectivity index (χ1v) is 11.1. The Morgan fingerprint density at radius 1 is 1.19 bits per heavy atom. The first-order chi connectivity index (χ1) is 16.8. The highest BCUT2D eigenvalue weighted by Crippen LogP contribution is 2.56. The summed E-state index contributed by atoms with van der Waals surface area (Å²) in [5, 5.41) is 44.5. The second-order valence-corrected chi connectivity index (χ2v) is 9.41. The van der Waals surface area contributed by atoms with Gasteiger partial charge >= 0.3 is 5.97 Å². The minimum absolute atomic E-state index is 0.0601. The smallest absolute Gasteiger partial charge is 0.330 e. The molecule has 3 aliphatic carbocycles. The maximum Gasteiger partial charge on any atom is 0.330 e. The Balaban J connectivity index is 2.12. The molecule has 4 rings (SSSR count). The molecule has 0 unspecified atom stereocenters. The number of phenolic OH excluding ortho intramolecular Hbond substituents is 1. The molecule has 0 aliphatic heterocycles. The quantitative estimate of drug-likeness (QED) is 0.218. The zero-order chi connectivity index (χ0) is 26.9. The first-order valence-electron chi connectivity index (χ1n) is 11.1. The van der Waals surface area contributed by atoms with Gasteiger partial charge < -0.3 is 30.9 Å². The summed E-state index contributed by atoms with van der Waals surface area (Å²) in [5.41, 5.74) is 1.32. The zero-order valence-electron chi connectivity index (χ0n) is 19.8. The molecule has 0 aromatic heterocycles. The van der Waals surface area contributed by atoms with Crippen molar-refractivity contribution in [2.75, 3.05) is 14.1 Å². The summed E-state index contributed by atoms with van der Waals surface area (Å²) in [6, 6.07) is 3.02. The number of primary amides is 1. The van der Waals surface area contributed by atoms with Crippen molar-refractivity contribution in [2.45, 2.75) is 30.6 Å². The normalized spacial score (nSPS) is 31.5. The number of fused-ring (bicyclic) bond motifs is 3. The van der Waals surface area contributed by atoms with Crippen molar-refractivity contribution in [3.8, 4) is 5.75 Å². The summed E-state index contributed by atoms with van der Waals surface area (Å²) in [6.45, 7) is 5.04. The Kier molecular flexibility index (Phi) is 5.81. The molecular formula is C25H26N2O9. The van der Waals surface area contributed by atoms with Gasteiger partial charge in [-0.25, -0.2) is 4.79 Å². The molecule has 0 heterocycles. The Hall–Kier alpha value is -3.96. The number of ether oxygens (including phenoxy) is 1. The van der Waals surface area contributed by atoms with E-state index >= 15 is 0 Å². The van der Waals surface area contributed by atoms with Gasteiger partial charge in [-0.15, -0.1) is 0 Å². The first kappa shape index (κ1) is 25.1. The van der Waals surface area contributed by atoms with Gasteiger partial charge in [-0.2, -0.15) is 0 Å². The lowest BCUT2D eigenvalue weighted by molar-refractivity contribution is -0.182. The largest absolute Gasteiger partial charge is 0.508 e. The second kappa shape index (κ2) is 8.32. The summed E-state index contributed by atoms with van der Waals surface area (Å²) >= 11 is 0. The molecule has 0 saturated heterocycles. The summed E-state index contributed by atoms with van der Waals surface area (Å²) < 4.78 is 5.62. The maximum absolute atomic E-state index is 14.0. The number of esters is 1. The number of carbonyl (C=O) groups excluding carboxylic acids is 4. The van der Waals surface area contributed by atoms with E-state index in [9.17, 15) is 39.6 Å². The highest BCUT2D eigenvalue weighted by Gasteiger charge is 2.69. The molecule has 11 nitrogen and oxygen atoms in total. The Bertz CT molecular complexity index is 1290. The van der Waals surface area contributed by atoms with Crippen LogP contribution < -0.4 is 5.73 Å². The molecule has 0 radical (unpaired) electrons. The molecule has 36 heavy (non-hydrogen) atoms. The monoisotopic (exact) mass is 498 g/mol. The lowest BCUT2D eigenvalue weighted by Crippen LogP contribution is -2.71. The van der Waals surface area contributed by atoms with E-state index in [0.717, 1.165) is 6.08 Å². The number of aliphatic hydroxyl groups excluding tert-OH is 2. The van der Waals surface area contributed by atoms with Gasteiger partial charge in [0.1, 0.15) is 28.9 Å². The third kappa shape index (κ3) is 3.12. The molecule has 0 bridgehead atoms. The van der Waals surface area contributed by atoms with Crippen molar-refractivity contribution < 1.29 is 44.3 Å². The predicted molar refractivity (Wildman–Crippen MR) is 124 cm³/mol. The van der Waals surface area contributed by atoms with Crippen LogP contribution in [-0.2, 0) is 23.9 Å². The lowest BCUT2D eigenvalue weighted by Gasteiger charge is -2.54. The highest BCUT2D eigenvalue weighted by molar-refractivity contribution is 6.24. The van der Waals surface area contributed by atoms with E-state index in [2.05, 4.69) is 6.58 Å². The number of nitrogens with zero attached hydrogens (tertiary/aromatic N) is 1. The minimum Gasteiger partial charge on any atom is -0.508 e. The Morgan fingerprint density at radius 3 is 2.39 bits per heavy atom. The SMILES string of the molecule is C=CC(=O)O[C@H]1[C@H]2C(=C(O)c3c(O)cccc3[C@@H]2C)C(=O)[C@]2(O)C(O)=C(C(N)=O)C(=O)[C@@H](N(C)C)[C@H]12. The van der Waals surface area contributed by atoms with Crippen LogP contribution >= 0.6 is 0 Å². The number of phenols is 1. The van der Waals surface area contributed by atoms with Crippen molar-refractivity contribution >= 4 is 29.2 Å². The van der Waals surface area contributed by atoms with Gasteiger partial charge in [-0.05, 0) is 31.6 Å². The number of benzene rings is 1. The number of amides is 1. The highest BCUT2D eigenvalue weighted by atomic mass is 16.5. The van der Waals surface area contributed by atoms with Crippen LogP contribution in [0.4, 0.5) is 0 Å². The fourth-order valence-electron chi connectivity index (χ4n) is 5.87. The number of likely N-dealkylation sites (N-methyl/N-ethyl adjacent to an activating group) is 1. The van der Waals surface area contributed by atoms with Crippen molar-refractivity contribution in [2.24, 2.45) is 17.6 Å². The van der Waals surface area contributed by atoms with Crippen LogP contribution in [0.25, 0.3) is 5.76 Å².